The van der Waals surface area contributed by atoms with Gasteiger partial charge in [-0.05, 0) is 21.7 Å². The quantitative estimate of drug-likeness (QED) is 0.158. The van der Waals surface area contributed by atoms with Gasteiger partial charge in [0.15, 0.2) is 0 Å². The third-order valence-corrected chi connectivity index (χ3v) is 12.6. The van der Waals surface area contributed by atoms with E-state index in [1.54, 1.807) is 0 Å². The first-order valence-corrected chi connectivity index (χ1v) is 22.7. The zero-order chi connectivity index (χ0) is 42.9. The number of halogens is 4. The van der Waals surface area contributed by atoms with E-state index in [-0.39, 0.29) is 46.5 Å². The van der Waals surface area contributed by atoms with Crippen molar-refractivity contribution in [1.82, 2.24) is 0 Å². The average Bonchev–Trinajstić information content (AvgIpc) is 3.71. The summed E-state index contributed by atoms with van der Waals surface area (Å²) in [5.41, 5.74) is 10.5. The fourth-order valence-electron chi connectivity index (χ4n) is 7.50. The van der Waals surface area contributed by atoms with Gasteiger partial charge in [-0.15, -0.1) is 39.7 Å². The molecule has 0 radical (unpaired) electrons. The molecule has 0 heterocycles. The Bertz CT molecular complexity index is 2130. The molecule has 0 saturated carbocycles. The fraction of sp³-hybridized carbons (Fsp3) is 0.444. The molecule has 0 spiro atoms. The van der Waals surface area contributed by atoms with Crippen LogP contribution in [0.25, 0.3) is 21.5 Å². The summed E-state index contributed by atoms with van der Waals surface area (Å²) >= 11 is 13.3. The van der Waals surface area contributed by atoms with Crippen molar-refractivity contribution in [3.63, 3.8) is 0 Å². The monoisotopic (exact) mass is 946 g/mol. The molecule has 5 aromatic carbocycles. The molecule has 6 rings (SSSR count). The van der Waals surface area contributed by atoms with Gasteiger partial charge < -0.3 is 24.8 Å². The Balaban J connectivity index is 0.000000337. The van der Waals surface area contributed by atoms with E-state index in [1.807, 2.05) is 36.4 Å². The maximum atomic E-state index is 5.98. The van der Waals surface area contributed by atoms with Crippen LogP contribution in [0.2, 0.25) is 10.0 Å². The van der Waals surface area contributed by atoms with E-state index in [0.29, 0.717) is 11.3 Å². The minimum absolute atomic E-state index is 0. The van der Waals surface area contributed by atoms with Gasteiger partial charge in [0, 0.05) is 0 Å². The van der Waals surface area contributed by atoms with E-state index in [0.717, 1.165) is 21.2 Å². The predicted molar refractivity (Wildman–Crippen MR) is 252 cm³/mol. The molecule has 0 bridgehead atoms. The molecule has 1 unspecified atom stereocenters. The van der Waals surface area contributed by atoms with E-state index in [4.69, 9.17) is 23.2 Å². The van der Waals surface area contributed by atoms with Gasteiger partial charge in [0.25, 0.3) is 0 Å². The molecule has 1 aliphatic carbocycles. The Morgan fingerprint density at radius 2 is 0.949 bits per heavy atom. The summed E-state index contributed by atoms with van der Waals surface area (Å²) in [6, 6.07) is 28.1. The molecule has 5 aromatic rings. The molecule has 0 aromatic heterocycles. The van der Waals surface area contributed by atoms with Crippen LogP contribution in [0, 0.1) is 17.4 Å². The van der Waals surface area contributed by atoms with Crippen LogP contribution in [-0.2, 0) is 45.9 Å². The van der Waals surface area contributed by atoms with Crippen molar-refractivity contribution in [3.8, 4) is 0 Å². The Morgan fingerprint density at radius 3 is 1.25 bits per heavy atom. The molecule has 5 heteroatoms. The summed E-state index contributed by atoms with van der Waals surface area (Å²) in [4.78, 5) is 0. The second-order valence-electron chi connectivity index (χ2n) is 21.1. The van der Waals surface area contributed by atoms with Gasteiger partial charge in [-0.1, -0.05) is 169 Å². The number of benzene rings is 4. The molecule has 318 valence electrons. The minimum Gasteiger partial charge on any atom is -1.00 e. The predicted octanol–water partition coefficient (Wildman–Crippen LogP) is 10.8. The molecule has 0 N–H and O–H groups in total. The van der Waals surface area contributed by atoms with Crippen molar-refractivity contribution in [3.05, 3.63) is 146 Å². The van der Waals surface area contributed by atoms with Crippen LogP contribution in [-0.4, -0.2) is 3.21 Å². The van der Waals surface area contributed by atoms with Gasteiger partial charge in [0.05, 0.1) is 0 Å². The topological polar surface area (TPSA) is 0 Å². The SMILES string of the molecule is CC(C)(C)c1cc2[cH-]c3cc(C(C)(C)C)c(C(C)(C)C)cc3c2cc1C(C)(C)C.CCCC1[C-]=CC(C(C)(C)C)=C1.Clc1cccc([C](=[Zr+2])c2cccc(Cl)c2)c1.[Cl-].[Cl-]. The molecule has 0 nitrogen and oxygen atoms in total. The van der Waals surface area contributed by atoms with Gasteiger partial charge in [-0.3, -0.25) is 6.08 Å². The Kier molecular flexibility index (Phi) is 18.6. The van der Waals surface area contributed by atoms with Crippen LogP contribution in [0.5, 0.6) is 0 Å². The number of hydrogen-bond donors (Lipinski definition) is 0. The van der Waals surface area contributed by atoms with Crippen LogP contribution < -0.4 is 24.8 Å². The van der Waals surface area contributed by atoms with Crippen LogP contribution >= 0.6 is 23.2 Å². The second-order valence-corrected chi connectivity index (χ2v) is 23.2. The largest absolute Gasteiger partial charge is 1.00 e. The summed E-state index contributed by atoms with van der Waals surface area (Å²) in [5.74, 6) is 0.587. The number of hydrogen-bond acceptors (Lipinski definition) is 0. The molecule has 0 aliphatic heterocycles. The zero-order valence-corrected chi connectivity index (χ0v) is 44.1. The molecule has 0 fully saturated rings. The summed E-state index contributed by atoms with van der Waals surface area (Å²) in [6.07, 6.45) is 10.4. The van der Waals surface area contributed by atoms with E-state index in [9.17, 15) is 0 Å². The third kappa shape index (κ3) is 14.1. The fourth-order valence-corrected chi connectivity index (χ4v) is 8.64. The Labute approximate surface area is 396 Å². The van der Waals surface area contributed by atoms with Crippen molar-refractivity contribution >= 4 is 48.0 Å². The van der Waals surface area contributed by atoms with E-state index in [1.165, 1.54) is 89.7 Å². The molecule has 0 amide bonds. The van der Waals surface area contributed by atoms with Crippen molar-refractivity contribution in [2.24, 2.45) is 11.3 Å². The third-order valence-electron chi connectivity index (χ3n) is 10.7. The van der Waals surface area contributed by atoms with Gasteiger partial charge in [-0.25, -0.2) is 6.08 Å². The zero-order valence-electron chi connectivity index (χ0n) is 38.7. The van der Waals surface area contributed by atoms with Crippen LogP contribution in [0.4, 0.5) is 0 Å². The molecule has 59 heavy (non-hydrogen) atoms. The second kappa shape index (κ2) is 20.6. The van der Waals surface area contributed by atoms with Gasteiger partial charge >= 0.3 is 120 Å². The molecule has 1 aliphatic rings. The maximum Gasteiger partial charge on any atom is -1.00 e. The maximum absolute atomic E-state index is 5.98. The van der Waals surface area contributed by atoms with Crippen LogP contribution in [0.3, 0.4) is 0 Å². The standard InChI is InChI=1S/C29H41.C13H8Cl2.C12H19.2ClH.Zr/c1-26(2,3)22-14-18-13-19-15-23(27(4,5)6)25(29(10,11)12)17-21(19)20(18)16-24(22)28(7,8)9;14-12-5-1-3-10(8-12)7-11-4-2-6-13(15)9-11;1-5-6-10-7-8-11(9-10)12(2,3)4;;;/h13-17H,1-12H3;1-6,8-9H;8-10H,5-6H2,1-4H3;2*1H;/q-1;;-1;;;+2/p-2. The Hall–Kier alpha value is -1.86. The normalized spacial score (nSPS) is 14.4. The van der Waals surface area contributed by atoms with E-state index < -0.39 is 0 Å². The molecular weight excluding hydrogens is 882 g/mol. The average molecular weight is 950 g/mol. The van der Waals surface area contributed by atoms with E-state index >= 15 is 0 Å². The Morgan fingerprint density at radius 1 is 0.576 bits per heavy atom. The summed E-state index contributed by atoms with van der Waals surface area (Å²) in [6.45, 7) is 37.0. The summed E-state index contributed by atoms with van der Waals surface area (Å²) in [7, 11) is 0. The molecule has 0 saturated heterocycles. The summed E-state index contributed by atoms with van der Waals surface area (Å²) < 4.78 is 1.26. The van der Waals surface area contributed by atoms with Gasteiger partial charge in [0.2, 0.25) is 0 Å². The first-order chi connectivity index (χ1) is 26.1. The van der Waals surface area contributed by atoms with E-state index in [2.05, 4.69) is 171 Å². The van der Waals surface area contributed by atoms with Crippen LogP contribution in [0.15, 0.2) is 96.6 Å². The van der Waals surface area contributed by atoms with Crippen molar-refractivity contribution in [1.29, 1.82) is 0 Å². The first-order valence-electron chi connectivity index (χ1n) is 20.8. The molecule has 1 atom stereocenters. The first kappa shape index (κ1) is 53.3. The minimum atomic E-state index is 0. The van der Waals surface area contributed by atoms with Gasteiger partial charge in [-0.2, -0.15) is 11.6 Å². The van der Waals surface area contributed by atoms with Crippen molar-refractivity contribution < 1.29 is 49.0 Å². The number of rotatable bonds is 4. The number of fused-ring (bicyclic) bond motifs is 3. The molecular formula is C54H68Cl4Zr-2. The van der Waals surface area contributed by atoms with Crippen molar-refractivity contribution in [2.75, 3.05) is 0 Å². The van der Waals surface area contributed by atoms with Crippen molar-refractivity contribution in [2.45, 2.75) is 145 Å². The smallest absolute Gasteiger partial charge is 1.00 e. The summed E-state index contributed by atoms with van der Waals surface area (Å²) in [5, 5.41) is 7.10. The number of allylic oxidation sites excluding steroid dienone is 4. The van der Waals surface area contributed by atoms with Crippen LogP contribution in [0.1, 0.15) is 157 Å². The van der Waals surface area contributed by atoms with Gasteiger partial charge in [0.1, 0.15) is 0 Å².